The molecule has 1 spiro atoms. The highest BCUT2D eigenvalue weighted by molar-refractivity contribution is 5.81. The lowest BCUT2D eigenvalue weighted by Crippen LogP contribution is -2.54. The van der Waals surface area contributed by atoms with E-state index in [9.17, 15) is 4.79 Å². The van der Waals surface area contributed by atoms with Crippen LogP contribution in [0.25, 0.3) is 0 Å². The van der Waals surface area contributed by atoms with E-state index in [0.29, 0.717) is 18.2 Å². The summed E-state index contributed by atoms with van der Waals surface area (Å²) >= 11 is 0. The van der Waals surface area contributed by atoms with Gasteiger partial charge in [-0.25, -0.2) is 0 Å². The minimum Gasteiger partial charge on any atom is -0.381 e. The van der Waals surface area contributed by atoms with Gasteiger partial charge in [-0.05, 0) is 37.2 Å². The molecule has 4 rings (SSSR count). The fourth-order valence-corrected chi connectivity index (χ4v) is 5.20. The fraction of sp³-hybridized carbons (Fsp3) is 0.667. The Hall–Kier alpha value is -1.39. The molecule has 0 bridgehead atoms. The van der Waals surface area contributed by atoms with Crippen LogP contribution in [0.4, 0.5) is 0 Å². The van der Waals surface area contributed by atoms with Crippen LogP contribution in [-0.4, -0.2) is 61.1 Å². The van der Waals surface area contributed by atoms with Crippen LogP contribution < -0.4 is 0 Å². The maximum absolute atomic E-state index is 12.5. The highest BCUT2D eigenvalue weighted by atomic mass is 16.5. The van der Waals surface area contributed by atoms with Crippen molar-refractivity contribution in [2.75, 3.05) is 39.9 Å². The molecular formula is C21H30N2O2. The molecule has 0 radical (unpaired) electrons. The molecule has 1 amide bonds. The van der Waals surface area contributed by atoms with Crippen molar-refractivity contribution in [2.45, 2.75) is 43.6 Å². The molecule has 0 aliphatic carbocycles. The molecule has 3 aliphatic rings. The normalized spacial score (nSPS) is 28.0. The third-order valence-corrected chi connectivity index (χ3v) is 6.85. The summed E-state index contributed by atoms with van der Waals surface area (Å²) in [5.74, 6) is 1.44. The second kappa shape index (κ2) is 7.08. The van der Waals surface area contributed by atoms with Gasteiger partial charge in [0.25, 0.3) is 0 Å². The predicted molar refractivity (Wildman–Crippen MR) is 98.5 cm³/mol. The molecule has 1 atom stereocenters. The van der Waals surface area contributed by atoms with E-state index in [1.54, 1.807) is 0 Å². The number of rotatable bonds is 3. The summed E-state index contributed by atoms with van der Waals surface area (Å²) in [6, 6.07) is 10.7. The molecule has 4 heteroatoms. The Morgan fingerprint density at radius 2 is 1.80 bits per heavy atom. The van der Waals surface area contributed by atoms with Crippen molar-refractivity contribution in [3.63, 3.8) is 0 Å². The van der Waals surface area contributed by atoms with Crippen LogP contribution in [0, 0.1) is 5.92 Å². The summed E-state index contributed by atoms with van der Waals surface area (Å²) in [5, 5.41) is 0. The van der Waals surface area contributed by atoms with Gasteiger partial charge in [-0.2, -0.15) is 0 Å². The molecule has 4 nitrogen and oxygen atoms in total. The van der Waals surface area contributed by atoms with E-state index < -0.39 is 0 Å². The second-order valence-electron chi connectivity index (χ2n) is 8.08. The van der Waals surface area contributed by atoms with Crippen molar-refractivity contribution in [1.82, 2.24) is 9.80 Å². The molecule has 3 heterocycles. The minimum absolute atomic E-state index is 0.0185. The summed E-state index contributed by atoms with van der Waals surface area (Å²) < 4.78 is 5.49. The zero-order valence-corrected chi connectivity index (χ0v) is 15.3. The lowest BCUT2D eigenvalue weighted by molar-refractivity contribution is -0.130. The molecule has 3 fully saturated rings. The molecule has 1 unspecified atom stereocenters. The molecule has 136 valence electrons. The number of likely N-dealkylation sites (N-methyl/N-ethyl adjacent to an activating group) is 1. The van der Waals surface area contributed by atoms with Crippen LogP contribution >= 0.6 is 0 Å². The Kier molecular flexibility index (Phi) is 4.83. The average molecular weight is 342 g/mol. The highest BCUT2D eigenvalue weighted by Crippen LogP contribution is 2.48. The third-order valence-electron chi connectivity index (χ3n) is 6.85. The largest absolute Gasteiger partial charge is 0.381 e. The minimum atomic E-state index is 0.0185. The first-order chi connectivity index (χ1) is 12.2. The maximum atomic E-state index is 12.5. The standard InChI is InChI=1S/C21H30N2O2/c1-22-20(24)15-19(18-5-3-2-4-6-18)21(22)9-11-23(12-10-21)16-17-7-13-25-14-8-17/h2-6,17,19H,7-16H2,1H3. The molecule has 0 saturated carbocycles. The van der Waals surface area contributed by atoms with Gasteiger partial charge in [0.15, 0.2) is 0 Å². The zero-order chi connectivity index (χ0) is 17.3. The number of amides is 1. The van der Waals surface area contributed by atoms with Gasteiger partial charge in [0.2, 0.25) is 5.91 Å². The van der Waals surface area contributed by atoms with Gasteiger partial charge in [0, 0.05) is 52.2 Å². The van der Waals surface area contributed by atoms with E-state index in [2.05, 4.69) is 40.1 Å². The van der Waals surface area contributed by atoms with Crippen LogP contribution in [0.1, 0.15) is 43.6 Å². The van der Waals surface area contributed by atoms with Gasteiger partial charge in [0.05, 0.1) is 5.54 Å². The Morgan fingerprint density at radius 3 is 2.48 bits per heavy atom. The fourth-order valence-electron chi connectivity index (χ4n) is 5.20. The zero-order valence-electron chi connectivity index (χ0n) is 15.3. The van der Waals surface area contributed by atoms with Crippen molar-refractivity contribution in [3.05, 3.63) is 35.9 Å². The van der Waals surface area contributed by atoms with Gasteiger partial charge in [0.1, 0.15) is 0 Å². The van der Waals surface area contributed by atoms with Gasteiger partial charge >= 0.3 is 0 Å². The topological polar surface area (TPSA) is 32.8 Å². The first-order valence-electron chi connectivity index (χ1n) is 9.81. The second-order valence-corrected chi connectivity index (χ2v) is 8.08. The van der Waals surface area contributed by atoms with E-state index in [1.165, 1.54) is 24.9 Å². The van der Waals surface area contributed by atoms with E-state index in [4.69, 9.17) is 4.74 Å². The van der Waals surface area contributed by atoms with Crippen LogP contribution in [0.2, 0.25) is 0 Å². The molecule has 0 aromatic heterocycles. The number of carbonyl (C=O) groups is 1. The number of benzene rings is 1. The van der Waals surface area contributed by atoms with Crippen molar-refractivity contribution in [2.24, 2.45) is 5.92 Å². The highest BCUT2D eigenvalue weighted by Gasteiger charge is 2.52. The quantitative estimate of drug-likeness (QED) is 0.847. The Morgan fingerprint density at radius 1 is 1.12 bits per heavy atom. The molecule has 1 aromatic carbocycles. The van der Waals surface area contributed by atoms with Crippen LogP contribution in [0.5, 0.6) is 0 Å². The Balaban J connectivity index is 1.46. The lowest BCUT2D eigenvalue weighted by atomic mass is 9.73. The first kappa shape index (κ1) is 17.0. The monoisotopic (exact) mass is 342 g/mol. The Labute approximate surface area is 151 Å². The number of nitrogens with zero attached hydrogens (tertiary/aromatic N) is 2. The first-order valence-corrected chi connectivity index (χ1v) is 9.81. The predicted octanol–water partition coefficient (Wildman–Crippen LogP) is 2.89. The van der Waals surface area contributed by atoms with Crippen molar-refractivity contribution >= 4 is 5.91 Å². The van der Waals surface area contributed by atoms with Gasteiger partial charge in [-0.1, -0.05) is 30.3 Å². The lowest BCUT2D eigenvalue weighted by Gasteiger charge is -2.47. The van der Waals surface area contributed by atoms with E-state index in [1.807, 2.05) is 7.05 Å². The van der Waals surface area contributed by atoms with Gasteiger partial charge in [-0.15, -0.1) is 0 Å². The van der Waals surface area contributed by atoms with Crippen molar-refractivity contribution in [1.29, 1.82) is 0 Å². The third kappa shape index (κ3) is 3.22. The number of piperidine rings is 1. The smallest absolute Gasteiger partial charge is 0.223 e. The summed E-state index contributed by atoms with van der Waals surface area (Å²) in [6.07, 6.45) is 5.26. The van der Waals surface area contributed by atoms with E-state index in [0.717, 1.165) is 45.1 Å². The van der Waals surface area contributed by atoms with Crippen LogP contribution in [0.15, 0.2) is 30.3 Å². The van der Waals surface area contributed by atoms with E-state index >= 15 is 0 Å². The van der Waals surface area contributed by atoms with Gasteiger partial charge in [-0.3, -0.25) is 4.79 Å². The number of likely N-dealkylation sites (tertiary alicyclic amines) is 2. The number of carbonyl (C=O) groups excluding carboxylic acids is 1. The SMILES string of the molecule is CN1C(=O)CC(c2ccccc2)C12CCN(CC1CCOCC1)CC2. The summed E-state index contributed by atoms with van der Waals surface area (Å²) in [7, 11) is 2.03. The van der Waals surface area contributed by atoms with Gasteiger partial charge < -0.3 is 14.5 Å². The number of ether oxygens (including phenoxy) is 1. The maximum Gasteiger partial charge on any atom is 0.223 e. The van der Waals surface area contributed by atoms with Crippen molar-refractivity contribution < 1.29 is 9.53 Å². The molecule has 3 saturated heterocycles. The van der Waals surface area contributed by atoms with Crippen molar-refractivity contribution in [3.8, 4) is 0 Å². The van der Waals surface area contributed by atoms with Crippen LogP contribution in [0.3, 0.4) is 0 Å². The average Bonchev–Trinajstić information content (AvgIpc) is 2.90. The summed E-state index contributed by atoms with van der Waals surface area (Å²) in [6.45, 7) is 5.27. The number of hydrogen-bond donors (Lipinski definition) is 0. The molecular weight excluding hydrogens is 312 g/mol. The Bertz CT molecular complexity index is 589. The van der Waals surface area contributed by atoms with Crippen LogP contribution in [-0.2, 0) is 9.53 Å². The van der Waals surface area contributed by atoms with E-state index in [-0.39, 0.29) is 5.54 Å². The molecule has 1 aromatic rings. The summed E-state index contributed by atoms with van der Waals surface area (Å²) in [5.41, 5.74) is 1.35. The number of hydrogen-bond acceptors (Lipinski definition) is 3. The molecule has 0 N–H and O–H groups in total. The summed E-state index contributed by atoms with van der Waals surface area (Å²) in [4.78, 5) is 17.2. The molecule has 3 aliphatic heterocycles. The molecule has 25 heavy (non-hydrogen) atoms.